The van der Waals surface area contributed by atoms with E-state index in [-0.39, 0.29) is 18.0 Å². The van der Waals surface area contributed by atoms with E-state index in [4.69, 9.17) is 0 Å². The minimum Gasteiger partial charge on any atom is -0.341 e. The summed E-state index contributed by atoms with van der Waals surface area (Å²) in [6.45, 7) is 8.02. The summed E-state index contributed by atoms with van der Waals surface area (Å²) in [6, 6.07) is -0.0201. The van der Waals surface area contributed by atoms with Gasteiger partial charge in [-0.1, -0.05) is 19.8 Å². The summed E-state index contributed by atoms with van der Waals surface area (Å²) >= 11 is 1.74. The Morgan fingerprint density at radius 1 is 1.33 bits per heavy atom. The molecule has 2 unspecified atom stereocenters. The molecule has 0 spiro atoms. The van der Waals surface area contributed by atoms with Crippen molar-refractivity contribution in [1.82, 2.24) is 15.2 Å². The third-order valence-corrected chi connectivity index (χ3v) is 5.40. The number of aryl methyl sites for hydroxylation is 1. The molecular weight excluding hydrogens is 282 g/mol. The van der Waals surface area contributed by atoms with Crippen LogP contribution in [0.5, 0.6) is 0 Å². The van der Waals surface area contributed by atoms with Crippen LogP contribution in [0, 0.1) is 0 Å². The molecule has 118 valence electrons. The molecule has 1 N–H and O–H groups in total. The van der Waals surface area contributed by atoms with E-state index in [1.54, 1.807) is 11.3 Å². The molecule has 0 bridgehead atoms. The number of nitrogens with one attached hydrogen (secondary N) is 1. The van der Waals surface area contributed by atoms with Gasteiger partial charge in [0.2, 0.25) is 5.91 Å². The molecule has 2 heterocycles. The van der Waals surface area contributed by atoms with Gasteiger partial charge in [-0.3, -0.25) is 10.1 Å². The van der Waals surface area contributed by atoms with E-state index in [2.05, 4.69) is 24.1 Å². The predicted molar refractivity (Wildman–Crippen MR) is 87.6 cm³/mol. The number of carbonyl (C=O) groups excluding carboxylic acids is 1. The van der Waals surface area contributed by atoms with E-state index in [1.807, 2.05) is 18.0 Å². The van der Waals surface area contributed by atoms with Gasteiger partial charge in [0.25, 0.3) is 0 Å². The van der Waals surface area contributed by atoms with Gasteiger partial charge in [-0.15, -0.1) is 11.3 Å². The van der Waals surface area contributed by atoms with Crippen molar-refractivity contribution in [2.75, 3.05) is 13.1 Å². The first-order valence-electron chi connectivity index (χ1n) is 8.11. The Hall–Kier alpha value is -0.940. The van der Waals surface area contributed by atoms with Crippen LogP contribution in [0.1, 0.15) is 62.4 Å². The van der Waals surface area contributed by atoms with Crippen LogP contribution < -0.4 is 5.32 Å². The van der Waals surface area contributed by atoms with E-state index in [1.165, 1.54) is 17.7 Å². The topological polar surface area (TPSA) is 45.2 Å². The van der Waals surface area contributed by atoms with Crippen molar-refractivity contribution >= 4 is 17.2 Å². The molecule has 1 aliphatic rings. The van der Waals surface area contributed by atoms with Crippen LogP contribution >= 0.6 is 11.3 Å². The van der Waals surface area contributed by atoms with Gasteiger partial charge in [-0.2, -0.15) is 0 Å². The first-order valence-corrected chi connectivity index (χ1v) is 8.93. The molecule has 0 aliphatic carbocycles. The van der Waals surface area contributed by atoms with Crippen molar-refractivity contribution in [3.8, 4) is 0 Å². The molecule has 0 radical (unpaired) electrons. The van der Waals surface area contributed by atoms with Crippen LogP contribution in [-0.4, -0.2) is 34.9 Å². The summed E-state index contributed by atoms with van der Waals surface area (Å²) in [5, 5.41) is 4.48. The van der Waals surface area contributed by atoms with Crippen molar-refractivity contribution in [2.45, 2.75) is 65.0 Å². The number of carbonyl (C=O) groups is 1. The maximum atomic E-state index is 12.5. The van der Waals surface area contributed by atoms with Crippen molar-refractivity contribution in [1.29, 1.82) is 0 Å². The summed E-state index contributed by atoms with van der Waals surface area (Å²) in [5.41, 5.74) is 0. The van der Waals surface area contributed by atoms with Gasteiger partial charge in [-0.25, -0.2) is 4.98 Å². The van der Waals surface area contributed by atoms with E-state index < -0.39 is 0 Å². The lowest BCUT2D eigenvalue weighted by Crippen LogP contribution is -2.45. The molecule has 1 amide bonds. The normalized spacial score (nSPS) is 19.1. The maximum Gasteiger partial charge on any atom is 0.239 e. The Kier molecular flexibility index (Phi) is 6.18. The second-order valence-electron chi connectivity index (χ2n) is 5.87. The number of amides is 1. The Balaban J connectivity index is 1.89. The van der Waals surface area contributed by atoms with Crippen LogP contribution in [0.15, 0.2) is 6.20 Å². The summed E-state index contributed by atoms with van der Waals surface area (Å²) in [5.74, 6) is 0.232. The monoisotopic (exact) mass is 309 g/mol. The molecule has 2 atom stereocenters. The van der Waals surface area contributed by atoms with Gasteiger partial charge in [0.05, 0.1) is 12.1 Å². The number of hydrogen-bond donors (Lipinski definition) is 1. The Morgan fingerprint density at radius 3 is 2.57 bits per heavy atom. The van der Waals surface area contributed by atoms with Crippen LogP contribution in [-0.2, 0) is 11.2 Å². The zero-order chi connectivity index (χ0) is 15.2. The Labute approximate surface area is 132 Å². The highest BCUT2D eigenvalue weighted by molar-refractivity contribution is 7.11. The lowest BCUT2D eigenvalue weighted by atomic mass is 10.2. The fourth-order valence-electron chi connectivity index (χ4n) is 2.77. The minimum atomic E-state index is -0.146. The number of aromatic nitrogens is 1. The molecule has 21 heavy (non-hydrogen) atoms. The lowest BCUT2D eigenvalue weighted by Gasteiger charge is -2.26. The second-order valence-corrected chi connectivity index (χ2v) is 7.01. The van der Waals surface area contributed by atoms with Crippen LogP contribution in [0.2, 0.25) is 0 Å². The van der Waals surface area contributed by atoms with Gasteiger partial charge >= 0.3 is 0 Å². The maximum absolute atomic E-state index is 12.5. The zero-order valence-electron chi connectivity index (χ0n) is 13.4. The van der Waals surface area contributed by atoms with Gasteiger partial charge in [0.1, 0.15) is 5.01 Å². The van der Waals surface area contributed by atoms with Crippen LogP contribution in [0.4, 0.5) is 0 Å². The SMILES string of the molecule is CCc1cnc(C(C)NC(C)C(=O)N2CCCCCC2)s1. The Morgan fingerprint density at radius 2 is 2.00 bits per heavy atom. The predicted octanol–water partition coefficient (Wildman–Crippen LogP) is 3.15. The molecular formula is C16H27N3OS. The van der Waals surface area contributed by atoms with Crippen molar-refractivity contribution in [3.63, 3.8) is 0 Å². The average molecular weight is 309 g/mol. The number of nitrogens with zero attached hydrogens (tertiary/aromatic N) is 2. The van der Waals surface area contributed by atoms with E-state index in [0.717, 1.165) is 37.4 Å². The van der Waals surface area contributed by atoms with E-state index in [9.17, 15) is 4.79 Å². The largest absolute Gasteiger partial charge is 0.341 e. The van der Waals surface area contributed by atoms with Crippen molar-refractivity contribution in [3.05, 3.63) is 16.1 Å². The highest BCUT2D eigenvalue weighted by Crippen LogP contribution is 2.21. The molecule has 1 aromatic rings. The average Bonchev–Trinajstić information content (AvgIpc) is 2.81. The number of likely N-dealkylation sites (tertiary alicyclic amines) is 1. The molecule has 0 saturated carbocycles. The molecule has 1 aliphatic heterocycles. The molecule has 1 fully saturated rings. The van der Waals surface area contributed by atoms with E-state index in [0.29, 0.717) is 0 Å². The van der Waals surface area contributed by atoms with E-state index >= 15 is 0 Å². The standard InChI is InChI=1S/C16H27N3OS/c1-4-14-11-17-15(21-14)12(2)18-13(3)16(20)19-9-7-5-6-8-10-19/h11-13,18H,4-10H2,1-3H3. The molecule has 1 aromatic heterocycles. The number of thiazole rings is 1. The summed E-state index contributed by atoms with van der Waals surface area (Å²) < 4.78 is 0. The minimum absolute atomic E-state index is 0.126. The number of rotatable bonds is 5. The zero-order valence-corrected chi connectivity index (χ0v) is 14.2. The van der Waals surface area contributed by atoms with Crippen LogP contribution in [0.25, 0.3) is 0 Å². The molecule has 2 rings (SSSR count). The fourth-order valence-corrected chi connectivity index (χ4v) is 3.64. The summed E-state index contributed by atoms with van der Waals surface area (Å²) in [6.07, 6.45) is 7.74. The Bertz CT molecular complexity index is 452. The number of hydrogen-bond acceptors (Lipinski definition) is 4. The molecule has 4 nitrogen and oxygen atoms in total. The first kappa shape index (κ1) is 16.4. The first-order chi connectivity index (χ1) is 10.1. The van der Waals surface area contributed by atoms with Gasteiger partial charge in [-0.05, 0) is 33.1 Å². The quantitative estimate of drug-likeness (QED) is 0.909. The highest BCUT2D eigenvalue weighted by atomic mass is 32.1. The van der Waals surface area contributed by atoms with Gasteiger partial charge in [0, 0.05) is 24.2 Å². The molecule has 1 saturated heterocycles. The second kappa shape index (κ2) is 7.90. The highest BCUT2D eigenvalue weighted by Gasteiger charge is 2.23. The lowest BCUT2D eigenvalue weighted by molar-refractivity contribution is -0.133. The van der Waals surface area contributed by atoms with Crippen molar-refractivity contribution in [2.24, 2.45) is 0 Å². The van der Waals surface area contributed by atoms with Crippen molar-refractivity contribution < 1.29 is 4.79 Å². The van der Waals surface area contributed by atoms with Crippen LogP contribution in [0.3, 0.4) is 0 Å². The smallest absolute Gasteiger partial charge is 0.239 e. The molecule has 0 aromatic carbocycles. The fraction of sp³-hybridized carbons (Fsp3) is 0.750. The van der Waals surface area contributed by atoms with Gasteiger partial charge < -0.3 is 4.90 Å². The third-order valence-electron chi connectivity index (χ3n) is 4.08. The third kappa shape index (κ3) is 4.51. The summed E-state index contributed by atoms with van der Waals surface area (Å²) in [4.78, 5) is 20.3. The molecule has 5 heteroatoms. The summed E-state index contributed by atoms with van der Waals surface area (Å²) in [7, 11) is 0. The van der Waals surface area contributed by atoms with Gasteiger partial charge in [0.15, 0.2) is 0 Å².